The highest BCUT2D eigenvalue weighted by atomic mass is 16.5. The van der Waals surface area contributed by atoms with Crippen molar-refractivity contribution < 1.29 is 14.3 Å². The first-order valence-electron chi connectivity index (χ1n) is 5.84. The third-order valence-electron chi connectivity index (χ3n) is 3.06. The van der Waals surface area contributed by atoms with Crippen LogP contribution >= 0.6 is 0 Å². The molecule has 86 valence electrons. The van der Waals surface area contributed by atoms with E-state index in [-0.39, 0.29) is 30.2 Å². The number of Topliss-reactive ketones (excluding diaryl/α,β-unsaturated/α-hetero) is 1. The molecule has 0 saturated heterocycles. The second-order valence-electron chi connectivity index (χ2n) is 4.33. The quantitative estimate of drug-likeness (QED) is 0.657. The summed E-state index contributed by atoms with van der Waals surface area (Å²) >= 11 is 0. The molecule has 3 nitrogen and oxygen atoms in total. The molecule has 0 aliphatic heterocycles. The van der Waals surface area contributed by atoms with E-state index in [0.29, 0.717) is 6.42 Å². The molecule has 1 atom stereocenters. The lowest BCUT2D eigenvalue weighted by atomic mass is 10.1. The first-order chi connectivity index (χ1) is 7.15. The van der Waals surface area contributed by atoms with Gasteiger partial charge in [-0.2, -0.15) is 0 Å². The van der Waals surface area contributed by atoms with Crippen LogP contribution in [0.25, 0.3) is 0 Å². The highest BCUT2D eigenvalue weighted by molar-refractivity contribution is 5.81. The van der Waals surface area contributed by atoms with Crippen LogP contribution in [-0.4, -0.2) is 18.4 Å². The normalized spacial score (nSPS) is 18.8. The SMILES string of the molecule is CCC(=O)C(C)COC(=O)C1CCCC1. The van der Waals surface area contributed by atoms with Crippen molar-refractivity contribution in [3.63, 3.8) is 0 Å². The Kier molecular flexibility index (Phi) is 4.79. The minimum Gasteiger partial charge on any atom is -0.465 e. The maximum absolute atomic E-state index is 11.5. The summed E-state index contributed by atoms with van der Waals surface area (Å²) in [6.07, 6.45) is 4.68. The molecule has 0 bridgehead atoms. The number of hydrogen-bond donors (Lipinski definition) is 0. The molecule has 15 heavy (non-hydrogen) atoms. The molecule has 0 amide bonds. The Morgan fingerprint density at radius 3 is 2.47 bits per heavy atom. The molecule has 1 aliphatic carbocycles. The molecule has 1 unspecified atom stereocenters. The van der Waals surface area contributed by atoms with Crippen LogP contribution in [-0.2, 0) is 14.3 Å². The Balaban J connectivity index is 2.24. The summed E-state index contributed by atoms with van der Waals surface area (Å²) in [6, 6.07) is 0. The summed E-state index contributed by atoms with van der Waals surface area (Å²) in [7, 11) is 0. The molecular formula is C12H20O3. The fourth-order valence-corrected chi connectivity index (χ4v) is 1.93. The van der Waals surface area contributed by atoms with Gasteiger partial charge in [0.05, 0.1) is 5.92 Å². The lowest BCUT2D eigenvalue weighted by Gasteiger charge is -2.12. The van der Waals surface area contributed by atoms with Crippen molar-refractivity contribution in [1.82, 2.24) is 0 Å². The minimum absolute atomic E-state index is 0.0916. The van der Waals surface area contributed by atoms with Gasteiger partial charge < -0.3 is 4.74 Å². The Bertz CT molecular complexity index is 229. The number of rotatable bonds is 5. The third kappa shape index (κ3) is 3.65. The van der Waals surface area contributed by atoms with Crippen LogP contribution in [0.3, 0.4) is 0 Å². The predicted octanol–water partition coefficient (Wildman–Crippen LogP) is 2.33. The maximum atomic E-state index is 11.5. The Morgan fingerprint density at radius 1 is 1.33 bits per heavy atom. The smallest absolute Gasteiger partial charge is 0.308 e. The average molecular weight is 212 g/mol. The van der Waals surface area contributed by atoms with Crippen LogP contribution in [0.5, 0.6) is 0 Å². The molecule has 3 heteroatoms. The van der Waals surface area contributed by atoms with Crippen LogP contribution in [0.2, 0.25) is 0 Å². The lowest BCUT2D eigenvalue weighted by molar-refractivity contribution is -0.150. The largest absolute Gasteiger partial charge is 0.465 e. The number of esters is 1. The minimum atomic E-state index is -0.152. The summed E-state index contributed by atoms with van der Waals surface area (Å²) in [5, 5.41) is 0. The fourth-order valence-electron chi connectivity index (χ4n) is 1.93. The Labute approximate surface area is 91.2 Å². The van der Waals surface area contributed by atoms with Gasteiger partial charge in [-0.1, -0.05) is 26.7 Å². The van der Waals surface area contributed by atoms with E-state index in [1.54, 1.807) is 0 Å². The summed E-state index contributed by atoms with van der Waals surface area (Å²) in [4.78, 5) is 22.8. The summed E-state index contributed by atoms with van der Waals surface area (Å²) in [5.41, 5.74) is 0. The number of carbonyl (C=O) groups excluding carboxylic acids is 2. The van der Waals surface area contributed by atoms with E-state index in [4.69, 9.17) is 4.74 Å². The van der Waals surface area contributed by atoms with E-state index in [9.17, 15) is 9.59 Å². The monoisotopic (exact) mass is 212 g/mol. The van der Waals surface area contributed by atoms with Crippen molar-refractivity contribution in [2.75, 3.05) is 6.61 Å². The number of hydrogen-bond acceptors (Lipinski definition) is 3. The van der Waals surface area contributed by atoms with E-state index in [1.165, 1.54) is 0 Å². The van der Waals surface area contributed by atoms with Crippen LogP contribution in [0.15, 0.2) is 0 Å². The second-order valence-corrected chi connectivity index (χ2v) is 4.33. The molecule has 1 fully saturated rings. The highest BCUT2D eigenvalue weighted by Gasteiger charge is 2.24. The number of ether oxygens (including phenoxy) is 1. The number of ketones is 1. The predicted molar refractivity (Wildman–Crippen MR) is 57.4 cm³/mol. The molecule has 0 heterocycles. The molecule has 0 aromatic heterocycles. The van der Waals surface area contributed by atoms with Crippen LogP contribution in [0, 0.1) is 11.8 Å². The third-order valence-corrected chi connectivity index (χ3v) is 3.06. The molecule has 0 spiro atoms. The molecule has 0 N–H and O–H groups in total. The lowest BCUT2D eigenvalue weighted by Crippen LogP contribution is -2.22. The van der Waals surface area contributed by atoms with Gasteiger partial charge in [-0.3, -0.25) is 9.59 Å². The summed E-state index contributed by atoms with van der Waals surface area (Å²) < 4.78 is 5.15. The van der Waals surface area contributed by atoms with Crippen molar-refractivity contribution in [3.8, 4) is 0 Å². The molecule has 1 rings (SSSR count). The van der Waals surface area contributed by atoms with E-state index >= 15 is 0 Å². The van der Waals surface area contributed by atoms with Gasteiger partial charge in [0.1, 0.15) is 12.4 Å². The zero-order chi connectivity index (χ0) is 11.3. The van der Waals surface area contributed by atoms with Gasteiger partial charge in [0, 0.05) is 12.3 Å². The highest BCUT2D eigenvalue weighted by Crippen LogP contribution is 2.25. The standard InChI is InChI=1S/C12H20O3/c1-3-11(13)9(2)8-15-12(14)10-6-4-5-7-10/h9-10H,3-8H2,1-2H3. The van der Waals surface area contributed by atoms with Crippen molar-refractivity contribution in [2.24, 2.45) is 11.8 Å². The van der Waals surface area contributed by atoms with Gasteiger partial charge in [0.25, 0.3) is 0 Å². The fraction of sp³-hybridized carbons (Fsp3) is 0.833. The van der Waals surface area contributed by atoms with Crippen LogP contribution in [0.4, 0.5) is 0 Å². The summed E-state index contributed by atoms with van der Waals surface area (Å²) in [5.74, 6) is -0.00763. The molecule has 1 aliphatic rings. The van der Waals surface area contributed by atoms with E-state index in [2.05, 4.69) is 0 Å². The zero-order valence-electron chi connectivity index (χ0n) is 9.62. The van der Waals surface area contributed by atoms with Crippen molar-refractivity contribution in [1.29, 1.82) is 0 Å². The molecule has 0 aromatic rings. The van der Waals surface area contributed by atoms with E-state index in [0.717, 1.165) is 25.7 Å². The van der Waals surface area contributed by atoms with Crippen LogP contribution < -0.4 is 0 Å². The maximum Gasteiger partial charge on any atom is 0.308 e. The van der Waals surface area contributed by atoms with E-state index < -0.39 is 0 Å². The van der Waals surface area contributed by atoms with Crippen LogP contribution in [0.1, 0.15) is 46.0 Å². The average Bonchev–Trinajstić information content (AvgIpc) is 2.77. The molecule has 0 radical (unpaired) electrons. The number of carbonyl (C=O) groups is 2. The Hall–Kier alpha value is -0.860. The van der Waals surface area contributed by atoms with Gasteiger partial charge >= 0.3 is 5.97 Å². The first-order valence-corrected chi connectivity index (χ1v) is 5.84. The second kappa shape index (κ2) is 5.89. The van der Waals surface area contributed by atoms with Gasteiger partial charge in [-0.05, 0) is 12.8 Å². The van der Waals surface area contributed by atoms with Gasteiger partial charge in [-0.25, -0.2) is 0 Å². The summed E-state index contributed by atoms with van der Waals surface area (Å²) in [6.45, 7) is 3.90. The van der Waals surface area contributed by atoms with Crippen molar-refractivity contribution in [3.05, 3.63) is 0 Å². The van der Waals surface area contributed by atoms with Gasteiger partial charge in [0.2, 0.25) is 0 Å². The molecule has 1 saturated carbocycles. The molecular weight excluding hydrogens is 192 g/mol. The van der Waals surface area contributed by atoms with Gasteiger partial charge in [0.15, 0.2) is 0 Å². The molecule has 0 aromatic carbocycles. The van der Waals surface area contributed by atoms with Gasteiger partial charge in [-0.15, -0.1) is 0 Å². The van der Waals surface area contributed by atoms with Crippen molar-refractivity contribution >= 4 is 11.8 Å². The first kappa shape index (κ1) is 12.2. The Morgan fingerprint density at radius 2 is 1.93 bits per heavy atom. The van der Waals surface area contributed by atoms with E-state index in [1.807, 2.05) is 13.8 Å². The topological polar surface area (TPSA) is 43.4 Å². The zero-order valence-corrected chi connectivity index (χ0v) is 9.62. The van der Waals surface area contributed by atoms with Crippen molar-refractivity contribution in [2.45, 2.75) is 46.0 Å².